The fraction of sp³-hybridized carbons (Fsp3) is 0.125. The lowest BCUT2D eigenvalue weighted by Crippen LogP contribution is -2.43. The standard InChI is InChI=1S/C16H17N3O2S/c1-12-7-5-6-10-14(12)21-11-15(20)17-16(22)19-18-13-8-3-2-4-9-13/h2-10,18H,11H2,1H3,(H2,17,19,20,22). The summed E-state index contributed by atoms with van der Waals surface area (Å²) in [6.07, 6.45) is 0. The van der Waals surface area contributed by atoms with Gasteiger partial charge in [0, 0.05) is 0 Å². The SMILES string of the molecule is Cc1ccccc1OCC(=O)NC(=S)NNc1ccccc1. The second-order valence-electron chi connectivity index (χ2n) is 4.55. The molecular formula is C16H17N3O2S. The summed E-state index contributed by atoms with van der Waals surface area (Å²) in [6.45, 7) is 1.82. The molecule has 0 radical (unpaired) electrons. The van der Waals surface area contributed by atoms with E-state index < -0.39 is 0 Å². The van der Waals surface area contributed by atoms with E-state index in [2.05, 4.69) is 16.2 Å². The first-order chi connectivity index (χ1) is 10.6. The highest BCUT2D eigenvalue weighted by molar-refractivity contribution is 7.80. The molecule has 0 unspecified atom stereocenters. The number of rotatable bonds is 5. The zero-order valence-electron chi connectivity index (χ0n) is 12.1. The number of carbonyl (C=O) groups is 1. The molecule has 114 valence electrons. The summed E-state index contributed by atoms with van der Waals surface area (Å²) in [7, 11) is 0. The molecule has 2 rings (SSSR count). The van der Waals surface area contributed by atoms with Gasteiger partial charge in [-0.2, -0.15) is 0 Å². The molecule has 0 aliphatic carbocycles. The van der Waals surface area contributed by atoms with E-state index in [0.717, 1.165) is 11.3 Å². The number of amides is 1. The van der Waals surface area contributed by atoms with Crippen molar-refractivity contribution in [2.45, 2.75) is 6.92 Å². The summed E-state index contributed by atoms with van der Waals surface area (Å²) >= 11 is 5.02. The molecule has 5 nitrogen and oxygen atoms in total. The van der Waals surface area contributed by atoms with Gasteiger partial charge in [-0.25, -0.2) is 0 Å². The van der Waals surface area contributed by atoms with Crippen LogP contribution < -0.4 is 20.9 Å². The molecule has 0 spiro atoms. The first-order valence-corrected chi connectivity index (χ1v) is 7.15. The van der Waals surface area contributed by atoms with Crippen molar-refractivity contribution in [3.63, 3.8) is 0 Å². The first kappa shape index (κ1) is 15.8. The van der Waals surface area contributed by atoms with Gasteiger partial charge in [-0.3, -0.25) is 21.0 Å². The third kappa shape index (κ3) is 5.06. The van der Waals surface area contributed by atoms with E-state index in [1.807, 2.05) is 61.5 Å². The highest BCUT2D eigenvalue weighted by atomic mass is 32.1. The van der Waals surface area contributed by atoms with Crippen LogP contribution in [0, 0.1) is 6.92 Å². The van der Waals surface area contributed by atoms with Gasteiger partial charge in [0.25, 0.3) is 5.91 Å². The van der Waals surface area contributed by atoms with E-state index >= 15 is 0 Å². The Hall–Kier alpha value is -2.60. The van der Waals surface area contributed by atoms with Crippen LogP contribution in [0.1, 0.15) is 5.56 Å². The average Bonchev–Trinajstić information content (AvgIpc) is 2.53. The van der Waals surface area contributed by atoms with Gasteiger partial charge in [-0.15, -0.1) is 0 Å². The van der Waals surface area contributed by atoms with Crippen molar-refractivity contribution in [3.8, 4) is 5.75 Å². The third-order valence-electron chi connectivity index (χ3n) is 2.80. The molecule has 2 aromatic carbocycles. The molecule has 3 N–H and O–H groups in total. The van der Waals surface area contributed by atoms with E-state index in [9.17, 15) is 4.79 Å². The van der Waals surface area contributed by atoms with Crippen molar-refractivity contribution in [3.05, 3.63) is 60.2 Å². The van der Waals surface area contributed by atoms with Crippen molar-refractivity contribution >= 4 is 28.9 Å². The molecule has 0 atom stereocenters. The monoisotopic (exact) mass is 315 g/mol. The minimum Gasteiger partial charge on any atom is -0.483 e. The Morgan fingerprint density at radius 1 is 1.09 bits per heavy atom. The Bertz CT molecular complexity index is 647. The van der Waals surface area contributed by atoms with Crippen molar-refractivity contribution in [2.75, 3.05) is 12.0 Å². The second-order valence-corrected chi connectivity index (χ2v) is 4.96. The number of ether oxygens (including phenoxy) is 1. The Balaban J connectivity index is 1.72. The van der Waals surface area contributed by atoms with E-state index in [-0.39, 0.29) is 17.6 Å². The van der Waals surface area contributed by atoms with Crippen LogP contribution in [0.2, 0.25) is 0 Å². The molecular weight excluding hydrogens is 298 g/mol. The van der Waals surface area contributed by atoms with Gasteiger partial charge in [-0.1, -0.05) is 36.4 Å². The van der Waals surface area contributed by atoms with E-state index in [1.54, 1.807) is 0 Å². The average molecular weight is 315 g/mol. The van der Waals surface area contributed by atoms with Gasteiger partial charge in [-0.05, 0) is 42.9 Å². The third-order valence-corrected chi connectivity index (χ3v) is 3.00. The summed E-state index contributed by atoms with van der Waals surface area (Å²) < 4.78 is 5.44. The fourth-order valence-electron chi connectivity index (χ4n) is 1.71. The maximum absolute atomic E-state index is 11.8. The van der Waals surface area contributed by atoms with Gasteiger partial charge in [0.15, 0.2) is 11.7 Å². The largest absolute Gasteiger partial charge is 0.483 e. The molecule has 2 aromatic rings. The molecule has 1 amide bonds. The zero-order chi connectivity index (χ0) is 15.8. The number of carbonyl (C=O) groups excluding carboxylic acids is 1. The van der Waals surface area contributed by atoms with Crippen molar-refractivity contribution in [2.24, 2.45) is 0 Å². The van der Waals surface area contributed by atoms with Crippen LogP contribution >= 0.6 is 12.2 Å². The van der Waals surface area contributed by atoms with E-state index in [1.165, 1.54) is 0 Å². The number of hydrogen-bond acceptors (Lipinski definition) is 4. The molecule has 0 saturated heterocycles. The van der Waals surface area contributed by atoms with Gasteiger partial charge >= 0.3 is 0 Å². The molecule has 6 heteroatoms. The summed E-state index contributed by atoms with van der Waals surface area (Å²) in [6, 6.07) is 16.9. The number of anilines is 1. The lowest BCUT2D eigenvalue weighted by atomic mass is 10.2. The second kappa shape index (κ2) is 7.99. The first-order valence-electron chi connectivity index (χ1n) is 6.74. The lowest BCUT2D eigenvalue weighted by Gasteiger charge is -2.12. The highest BCUT2D eigenvalue weighted by Crippen LogP contribution is 2.15. The highest BCUT2D eigenvalue weighted by Gasteiger charge is 2.06. The number of nitrogens with one attached hydrogen (secondary N) is 3. The molecule has 0 aliphatic heterocycles. The molecule has 0 bridgehead atoms. The molecule has 0 heterocycles. The van der Waals surface area contributed by atoms with Crippen molar-refractivity contribution in [1.29, 1.82) is 0 Å². The summed E-state index contributed by atoms with van der Waals surface area (Å²) in [5.41, 5.74) is 7.44. The quantitative estimate of drug-likeness (QED) is 0.584. The van der Waals surface area contributed by atoms with Gasteiger partial charge in [0.2, 0.25) is 0 Å². The molecule has 0 aliphatic rings. The number of aryl methyl sites for hydroxylation is 1. The van der Waals surface area contributed by atoms with Crippen LogP contribution in [0.25, 0.3) is 0 Å². The van der Waals surface area contributed by atoms with Crippen LogP contribution in [-0.4, -0.2) is 17.6 Å². The van der Waals surface area contributed by atoms with Crippen LogP contribution in [0.3, 0.4) is 0 Å². The van der Waals surface area contributed by atoms with Crippen LogP contribution in [0.5, 0.6) is 5.75 Å². The summed E-state index contributed by atoms with van der Waals surface area (Å²) in [5.74, 6) is 0.356. The van der Waals surface area contributed by atoms with Crippen molar-refractivity contribution < 1.29 is 9.53 Å². The molecule has 0 saturated carbocycles. The normalized spacial score (nSPS) is 9.68. The topological polar surface area (TPSA) is 62.4 Å². The maximum Gasteiger partial charge on any atom is 0.264 e. The van der Waals surface area contributed by atoms with Gasteiger partial charge in [0.1, 0.15) is 5.75 Å². The zero-order valence-corrected chi connectivity index (χ0v) is 12.9. The number of benzene rings is 2. The minimum absolute atomic E-state index is 0.0992. The number of hydrazine groups is 1. The maximum atomic E-state index is 11.8. The van der Waals surface area contributed by atoms with Gasteiger partial charge < -0.3 is 4.74 Å². The Kier molecular flexibility index (Phi) is 5.73. The molecule has 0 aromatic heterocycles. The number of hydrogen-bond donors (Lipinski definition) is 3. The predicted molar refractivity (Wildman–Crippen MR) is 90.6 cm³/mol. The Labute approximate surface area is 134 Å². The Morgan fingerprint density at radius 3 is 2.50 bits per heavy atom. The minimum atomic E-state index is -0.324. The fourth-order valence-corrected chi connectivity index (χ4v) is 1.87. The lowest BCUT2D eigenvalue weighted by molar-refractivity contribution is -0.121. The van der Waals surface area contributed by atoms with Crippen LogP contribution in [0.4, 0.5) is 5.69 Å². The number of para-hydroxylation sites is 2. The predicted octanol–water partition coefficient (Wildman–Crippen LogP) is 2.39. The van der Waals surface area contributed by atoms with Crippen LogP contribution in [0.15, 0.2) is 54.6 Å². The Morgan fingerprint density at radius 2 is 1.77 bits per heavy atom. The van der Waals surface area contributed by atoms with E-state index in [0.29, 0.717) is 5.75 Å². The molecule has 0 fully saturated rings. The smallest absolute Gasteiger partial charge is 0.264 e. The van der Waals surface area contributed by atoms with Crippen molar-refractivity contribution in [1.82, 2.24) is 10.7 Å². The van der Waals surface area contributed by atoms with Gasteiger partial charge in [0.05, 0.1) is 5.69 Å². The molecule has 22 heavy (non-hydrogen) atoms. The summed E-state index contributed by atoms with van der Waals surface area (Å²) in [5, 5.41) is 2.72. The van der Waals surface area contributed by atoms with Crippen LogP contribution in [-0.2, 0) is 4.79 Å². The summed E-state index contributed by atoms with van der Waals surface area (Å²) in [4.78, 5) is 11.8. The van der Waals surface area contributed by atoms with E-state index in [4.69, 9.17) is 17.0 Å². The number of thiocarbonyl (C=S) groups is 1.